The van der Waals surface area contributed by atoms with Crippen LogP contribution >= 0.6 is 7.82 Å². The lowest BCUT2D eigenvalue weighted by Crippen LogP contribution is -2.29. The van der Waals surface area contributed by atoms with E-state index in [4.69, 9.17) is 19.1 Å². The van der Waals surface area contributed by atoms with Crippen LogP contribution in [-0.4, -0.2) is 65.7 Å². The number of esters is 2. The molecule has 0 aliphatic heterocycles. The third kappa shape index (κ3) is 37.0. The van der Waals surface area contributed by atoms with Crippen LogP contribution in [0.1, 0.15) is 200 Å². The molecule has 0 aliphatic carbocycles. The van der Waals surface area contributed by atoms with Crippen molar-refractivity contribution in [3.05, 3.63) is 12.2 Å². The van der Waals surface area contributed by atoms with Gasteiger partial charge in [0.25, 0.3) is 0 Å². The topological polar surface area (TPSA) is 149 Å². The quantitative estimate of drug-likeness (QED) is 0.0238. The van der Waals surface area contributed by atoms with Crippen molar-refractivity contribution in [2.75, 3.05) is 26.4 Å². The van der Waals surface area contributed by atoms with Gasteiger partial charge < -0.3 is 24.6 Å². The van der Waals surface area contributed by atoms with Gasteiger partial charge in [-0.3, -0.25) is 18.6 Å². The number of carbonyl (C=O) groups excluding carboxylic acids is 2. The lowest BCUT2D eigenvalue weighted by atomic mass is 10.0. The molecule has 0 aromatic rings. The number of hydrogen-bond donors (Lipinski definition) is 3. The van der Waals surface area contributed by atoms with Crippen LogP contribution in [0.25, 0.3) is 0 Å². The first-order chi connectivity index (χ1) is 25.2. The Morgan fingerprint density at radius 1 is 0.558 bits per heavy atom. The first-order valence-corrected chi connectivity index (χ1v) is 22.6. The minimum Gasteiger partial charge on any atom is -0.462 e. The summed E-state index contributed by atoms with van der Waals surface area (Å²) in [5, 5.41) is 18.3. The van der Waals surface area contributed by atoms with E-state index in [-0.39, 0.29) is 19.4 Å². The van der Waals surface area contributed by atoms with E-state index in [1.54, 1.807) is 0 Å². The summed E-state index contributed by atoms with van der Waals surface area (Å²) in [4.78, 5) is 34.8. The summed E-state index contributed by atoms with van der Waals surface area (Å²) in [5.41, 5.74) is 0. The van der Waals surface area contributed by atoms with Gasteiger partial charge in [0.15, 0.2) is 6.10 Å². The van der Waals surface area contributed by atoms with Crippen LogP contribution in [0.2, 0.25) is 0 Å². The maximum atomic E-state index is 12.5. The predicted octanol–water partition coefficient (Wildman–Crippen LogP) is 10.8. The highest BCUT2D eigenvalue weighted by molar-refractivity contribution is 7.47. The third-order valence-electron chi connectivity index (χ3n) is 9.17. The Kier molecular flexibility index (Phi) is 37.1. The molecule has 0 fully saturated rings. The van der Waals surface area contributed by atoms with Gasteiger partial charge in [0.2, 0.25) is 0 Å². The zero-order valence-corrected chi connectivity index (χ0v) is 34.2. The van der Waals surface area contributed by atoms with E-state index < -0.39 is 51.8 Å². The number of carbonyl (C=O) groups is 2. The molecule has 1 unspecified atom stereocenters. The van der Waals surface area contributed by atoms with Gasteiger partial charge in [-0.15, -0.1) is 0 Å². The standard InChI is InChI=1S/C41H79O10P/c1-3-5-7-9-11-13-14-15-16-17-18-19-20-21-22-23-24-25-27-28-30-32-40(44)48-36-39(37-50-52(46,47)49-35-38(43)34-42)51-41(45)33-31-29-26-12-10-8-6-4-2/h15-16,38-39,42-43H,3-14,17-37H2,1-2H3,(H,46,47)/b16-15+/t38-,39+/m1/s1. The maximum Gasteiger partial charge on any atom is 0.472 e. The number of phosphoric ester groups is 1. The number of ether oxygens (including phenoxy) is 2. The molecule has 0 radical (unpaired) electrons. The molecule has 10 nitrogen and oxygen atoms in total. The summed E-state index contributed by atoms with van der Waals surface area (Å²) in [6.07, 6.45) is 34.9. The van der Waals surface area contributed by atoms with E-state index in [1.165, 1.54) is 122 Å². The van der Waals surface area contributed by atoms with Crippen LogP contribution < -0.4 is 0 Å². The number of allylic oxidation sites excluding steroid dienone is 2. The highest BCUT2D eigenvalue weighted by Crippen LogP contribution is 2.43. The molecular weight excluding hydrogens is 683 g/mol. The first-order valence-electron chi connectivity index (χ1n) is 21.1. The van der Waals surface area contributed by atoms with Gasteiger partial charge in [-0.25, -0.2) is 4.57 Å². The smallest absolute Gasteiger partial charge is 0.462 e. The van der Waals surface area contributed by atoms with Crippen LogP contribution in [0, 0.1) is 0 Å². The molecule has 0 heterocycles. The lowest BCUT2D eigenvalue weighted by Gasteiger charge is -2.20. The van der Waals surface area contributed by atoms with Gasteiger partial charge in [0, 0.05) is 12.8 Å². The average molecular weight is 763 g/mol. The highest BCUT2D eigenvalue weighted by Gasteiger charge is 2.27. The van der Waals surface area contributed by atoms with Crippen molar-refractivity contribution in [1.29, 1.82) is 0 Å². The molecule has 0 spiro atoms. The molecule has 0 saturated heterocycles. The Labute approximate surface area is 317 Å². The van der Waals surface area contributed by atoms with Gasteiger partial charge in [0.1, 0.15) is 12.7 Å². The Morgan fingerprint density at radius 3 is 1.38 bits per heavy atom. The molecule has 3 atom stereocenters. The van der Waals surface area contributed by atoms with Crippen molar-refractivity contribution >= 4 is 19.8 Å². The molecule has 308 valence electrons. The zero-order valence-electron chi connectivity index (χ0n) is 33.3. The molecule has 11 heteroatoms. The Balaban J connectivity index is 4.11. The summed E-state index contributed by atoms with van der Waals surface area (Å²) >= 11 is 0. The van der Waals surface area contributed by atoms with Crippen molar-refractivity contribution in [2.45, 2.75) is 212 Å². The average Bonchev–Trinajstić information content (AvgIpc) is 3.13. The van der Waals surface area contributed by atoms with Crippen molar-refractivity contribution < 1.29 is 47.8 Å². The molecule has 0 bridgehead atoms. The summed E-state index contributed by atoms with van der Waals surface area (Å²) in [7, 11) is -4.60. The zero-order chi connectivity index (χ0) is 38.4. The largest absolute Gasteiger partial charge is 0.472 e. The van der Waals surface area contributed by atoms with Gasteiger partial charge in [-0.2, -0.15) is 0 Å². The summed E-state index contributed by atoms with van der Waals surface area (Å²) in [6.45, 7) is 2.35. The Morgan fingerprint density at radius 2 is 0.942 bits per heavy atom. The third-order valence-corrected chi connectivity index (χ3v) is 10.1. The SMILES string of the molecule is CCCCCCCC/C=C/CCCCCCCCCCCCCC(=O)OC[C@@H](COP(=O)(O)OC[C@H](O)CO)OC(=O)CCCCCCCCCC. The fourth-order valence-corrected chi connectivity index (χ4v) is 6.66. The van der Waals surface area contributed by atoms with E-state index in [2.05, 4.69) is 30.5 Å². The molecule has 3 N–H and O–H groups in total. The van der Waals surface area contributed by atoms with Crippen LogP contribution in [0.5, 0.6) is 0 Å². The summed E-state index contributed by atoms with van der Waals surface area (Å²) in [5.74, 6) is -0.922. The molecule has 0 aromatic heterocycles. The summed E-state index contributed by atoms with van der Waals surface area (Å²) < 4.78 is 32.6. The molecule has 52 heavy (non-hydrogen) atoms. The predicted molar refractivity (Wildman–Crippen MR) is 210 cm³/mol. The number of hydrogen-bond acceptors (Lipinski definition) is 9. The minimum atomic E-state index is -4.60. The van der Waals surface area contributed by atoms with Gasteiger partial charge >= 0.3 is 19.8 Å². The van der Waals surface area contributed by atoms with Crippen molar-refractivity contribution in [3.8, 4) is 0 Å². The second-order valence-electron chi connectivity index (χ2n) is 14.4. The fraction of sp³-hybridized carbons (Fsp3) is 0.902. The van der Waals surface area contributed by atoms with E-state index in [1.807, 2.05) is 0 Å². The van der Waals surface area contributed by atoms with Crippen LogP contribution in [-0.2, 0) is 32.7 Å². The second kappa shape index (κ2) is 38.0. The van der Waals surface area contributed by atoms with Crippen molar-refractivity contribution in [2.24, 2.45) is 0 Å². The Hall–Kier alpha value is -1.29. The minimum absolute atomic E-state index is 0.187. The van der Waals surface area contributed by atoms with E-state index >= 15 is 0 Å². The van der Waals surface area contributed by atoms with Gasteiger partial charge in [-0.1, -0.05) is 161 Å². The fourth-order valence-electron chi connectivity index (χ4n) is 5.87. The van der Waals surface area contributed by atoms with E-state index in [9.17, 15) is 24.2 Å². The van der Waals surface area contributed by atoms with Crippen LogP contribution in [0.3, 0.4) is 0 Å². The number of aliphatic hydroxyl groups excluding tert-OH is 2. The summed E-state index contributed by atoms with van der Waals surface area (Å²) in [6, 6.07) is 0. The monoisotopic (exact) mass is 763 g/mol. The molecule has 0 rings (SSSR count). The molecule has 0 aliphatic rings. The first kappa shape index (κ1) is 50.7. The lowest BCUT2D eigenvalue weighted by molar-refractivity contribution is -0.161. The van der Waals surface area contributed by atoms with Gasteiger partial charge in [0.05, 0.1) is 19.8 Å². The molecule has 0 amide bonds. The molecule has 0 saturated carbocycles. The number of rotatable bonds is 40. The van der Waals surface area contributed by atoms with Crippen molar-refractivity contribution in [1.82, 2.24) is 0 Å². The van der Waals surface area contributed by atoms with Crippen molar-refractivity contribution in [3.63, 3.8) is 0 Å². The van der Waals surface area contributed by atoms with Crippen LogP contribution in [0.15, 0.2) is 12.2 Å². The van der Waals surface area contributed by atoms with Crippen LogP contribution in [0.4, 0.5) is 0 Å². The Bertz CT molecular complexity index is 884. The van der Waals surface area contributed by atoms with E-state index in [0.29, 0.717) is 12.8 Å². The number of phosphoric acid groups is 1. The maximum absolute atomic E-state index is 12.5. The van der Waals surface area contributed by atoms with E-state index in [0.717, 1.165) is 38.5 Å². The number of unbranched alkanes of at least 4 members (excludes halogenated alkanes) is 24. The van der Waals surface area contributed by atoms with Gasteiger partial charge in [-0.05, 0) is 38.5 Å². The number of aliphatic hydroxyl groups is 2. The second-order valence-corrected chi connectivity index (χ2v) is 15.8. The molecule has 0 aromatic carbocycles. The normalized spacial score (nSPS) is 14.0. The molecular formula is C41H79O10P. The highest BCUT2D eigenvalue weighted by atomic mass is 31.2.